The Kier molecular flexibility index (Phi) is 10.7. The van der Waals surface area contributed by atoms with Gasteiger partial charge in [-0.15, -0.1) is 0 Å². The summed E-state index contributed by atoms with van der Waals surface area (Å²) in [6.45, 7) is 7.31. The van der Waals surface area contributed by atoms with E-state index in [1.807, 2.05) is 53.4 Å². The normalized spacial score (nSPS) is 14.2. The third-order valence-corrected chi connectivity index (χ3v) is 9.31. The van der Waals surface area contributed by atoms with Crippen LogP contribution in [-0.4, -0.2) is 51.2 Å². The van der Waals surface area contributed by atoms with Crippen LogP contribution in [0.3, 0.4) is 0 Å². The molecule has 1 aliphatic heterocycles. The molecule has 0 aliphatic carbocycles. The quantitative estimate of drug-likeness (QED) is 0.209. The molecule has 216 valence electrons. The van der Waals surface area contributed by atoms with Gasteiger partial charge in [0.05, 0.1) is 26.0 Å². The largest absolute Gasteiger partial charge is 0.497 e. The first-order valence-corrected chi connectivity index (χ1v) is 15.2. The number of hydrogen-bond acceptors (Lipinski definition) is 6. The maximum atomic E-state index is 12.4. The molecular formula is C34H41N3O3S. The van der Waals surface area contributed by atoms with Gasteiger partial charge in [-0.2, -0.15) is 5.26 Å². The number of fused-ring (bicyclic) bond motifs is 1. The fourth-order valence-electron chi connectivity index (χ4n) is 5.69. The SMILES string of the molecule is CCN(CCCC(C#N)(Sc1ccccc1)c1cccc(OC)c1)CCc1ccc(OC)c2c1CCCN2C(C)=O. The first-order valence-electron chi connectivity index (χ1n) is 14.4. The molecule has 1 unspecified atom stereocenters. The molecule has 1 amide bonds. The predicted molar refractivity (Wildman–Crippen MR) is 167 cm³/mol. The molecule has 41 heavy (non-hydrogen) atoms. The lowest BCUT2D eigenvalue weighted by Gasteiger charge is -2.32. The molecule has 7 heteroatoms. The monoisotopic (exact) mass is 571 g/mol. The third-order valence-electron chi connectivity index (χ3n) is 7.92. The highest BCUT2D eigenvalue weighted by molar-refractivity contribution is 8.00. The molecule has 0 saturated carbocycles. The second-order valence-electron chi connectivity index (χ2n) is 10.4. The Bertz CT molecular complexity index is 1360. The number of likely N-dealkylation sites (N-methyl/N-ethyl adjacent to an activating group) is 1. The van der Waals surface area contributed by atoms with Gasteiger partial charge in [0.25, 0.3) is 0 Å². The molecule has 1 heterocycles. The number of anilines is 1. The number of benzene rings is 3. The topological polar surface area (TPSA) is 65.8 Å². The van der Waals surface area contributed by atoms with Crippen molar-refractivity contribution in [2.75, 3.05) is 45.3 Å². The maximum Gasteiger partial charge on any atom is 0.223 e. The second kappa shape index (κ2) is 14.4. The van der Waals surface area contributed by atoms with Gasteiger partial charge < -0.3 is 19.3 Å². The first kappa shape index (κ1) is 30.5. The van der Waals surface area contributed by atoms with Crippen LogP contribution < -0.4 is 14.4 Å². The van der Waals surface area contributed by atoms with Gasteiger partial charge in [0.2, 0.25) is 5.91 Å². The molecule has 0 radical (unpaired) electrons. The molecule has 6 nitrogen and oxygen atoms in total. The van der Waals surface area contributed by atoms with Gasteiger partial charge in [-0.05, 0) is 92.2 Å². The Morgan fingerprint density at radius 3 is 2.56 bits per heavy atom. The molecular weight excluding hydrogens is 530 g/mol. The highest BCUT2D eigenvalue weighted by Crippen LogP contribution is 2.45. The molecule has 0 fully saturated rings. The van der Waals surface area contributed by atoms with E-state index >= 15 is 0 Å². The number of carbonyl (C=O) groups is 1. The second-order valence-corrected chi connectivity index (χ2v) is 11.8. The zero-order valence-corrected chi connectivity index (χ0v) is 25.5. The van der Waals surface area contributed by atoms with Gasteiger partial charge in [-0.1, -0.05) is 55.1 Å². The number of nitrogens with zero attached hydrogens (tertiary/aromatic N) is 3. The smallest absolute Gasteiger partial charge is 0.223 e. The summed E-state index contributed by atoms with van der Waals surface area (Å²) in [6, 6.07) is 24.9. The van der Waals surface area contributed by atoms with Crippen LogP contribution in [0.15, 0.2) is 71.6 Å². The summed E-state index contributed by atoms with van der Waals surface area (Å²) in [7, 11) is 3.33. The molecule has 3 aromatic rings. The standard InChI is InChI=1S/C34H41N3O3S/c1-5-36(23-19-27-17-18-32(40-4)33-31(27)16-10-22-37(33)26(2)38)21-11-20-34(25-35,41-30-14-7-6-8-15-30)28-12-9-13-29(24-28)39-3/h6-9,12-15,17-18,24H,5,10-11,16,19-23H2,1-4H3. The van der Waals surface area contributed by atoms with Gasteiger partial charge in [-0.25, -0.2) is 0 Å². The number of nitriles is 1. The van der Waals surface area contributed by atoms with E-state index in [9.17, 15) is 10.1 Å². The Labute approximate surface area is 249 Å². The highest BCUT2D eigenvalue weighted by atomic mass is 32.2. The summed E-state index contributed by atoms with van der Waals surface area (Å²) in [5.41, 5.74) is 4.44. The van der Waals surface area contributed by atoms with Crippen LogP contribution in [0.2, 0.25) is 0 Å². The lowest BCUT2D eigenvalue weighted by molar-refractivity contribution is -0.116. The van der Waals surface area contributed by atoms with Gasteiger partial charge in [-0.3, -0.25) is 4.79 Å². The van der Waals surface area contributed by atoms with E-state index in [1.54, 1.807) is 32.9 Å². The molecule has 4 rings (SSSR count). The zero-order valence-electron chi connectivity index (χ0n) is 24.7. The average molecular weight is 572 g/mol. The minimum Gasteiger partial charge on any atom is -0.497 e. The Morgan fingerprint density at radius 1 is 1.07 bits per heavy atom. The van der Waals surface area contributed by atoms with Crippen molar-refractivity contribution >= 4 is 23.4 Å². The molecule has 1 atom stereocenters. The van der Waals surface area contributed by atoms with E-state index < -0.39 is 4.75 Å². The highest BCUT2D eigenvalue weighted by Gasteiger charge is 2.34. The number of rotatable bonds is 13. The van der Waals surface area contributed by atoms with Crippen molar-refractivity contribution in [1.82, 2.24) is 4.90 Å². The van der Waals surface area contributed by atoms with E-state index in [4.69, 9.17) is 9.47 Å². The number of ether oxygens (including phenoxy) is 2. The van der Waals surface area contributed by atoms with Crippen LogP contribution in [0.4, 0.5) is 5.69 Å². The predicted octanol–water partition coefficient (Wildman–Crippen LogP) is 6.86. The van der Waals surface area contributed by atoms with Crippen LogP contribution in [0, 0.1) is 11.3 Å². The van der Waals surface area contributed by atoms with Gasteiger partial charge in [0.1, 0.15) is 16.2 Å². The van der Waals surface area contributed by atoms with E-state index in [1.165, 1.54) is 11.1 Å². The summed E-state index contributed by atoms with van der Waals surface area (Å²) in [5.74, 6) is 1.59. The average Bonchev–Trinajstić information content (AvgIpc) is 3.02. The van der Waals surface area contributed by atoms with Crippen LogP contribution in [0.5, 0.6) is 11.5 Å². The third kappa shape index (κ3) is 7.25. The van der Waals surface area contributed by atoms with Crippen molar-refractivity contribution in [3.63, 3.8) is 0 Å². The van der Waals surface area contributed by atoms with Crippen molar-refractivity contribution in [1.29, 1.82) is 5.26 Å². The Balaban J connectivity index is 1.48. The zero-order chi connectivity index (χ0) is 29.2. The lowest BCUT2D eigenvalue weighted by Crippen LogP contribution is -2.34. The fraction of sp³-hybridized carbons (Fsp3) is 0.412. The summed E-state index contributed by atoms with van der Waals surface area (Å²) in [4.78, 5) is 17.8. The van der Waals surface area contributed by atoms with Crippen molar-refractivity contribution in [2.24, 2.45) is 0 Å². The molecule has 0 N–H and O–H groups in total. The summed E-state index contributed by atoms with van der Waals surface area (Å²) in [5, 5.41) is 10.6. The van der Waals surface area contributed by atoms with E-state index in [-0.39, 0.29) is 5.91 Å². The lowest BCUT2D eigenvalue weighted by atomic mass is 9.93. The first-order chi connectivity index (χ1) is 19.9. The van der Waals surface area contributed by atoms with Crippen LogP contribution >= 0.6 is 11.8 Å². The number of hydrogen-bond donors (Lipinski definition) is 0. The molecule has 3 aromatic carbocycles. The molecule has 0 bridgehead atoms. The number of thioether (sulfide) groups is 1. The van der Waals surface area contributed by atoms with Crippen molar-refractivity contribution < 1.29 is 14.3 Å². The summed E-state index contributed by atoms with van der Waals surface area (Å²) < 4.78 is 10.4. The van der Waals surface area contributed by atoms with Crippen LogP contribution in [0.1, 0.15) is 49.8 Å². The van der Waals surface area contributed by atoms with Gasteiger partial charge >= 0.3 is 0 Å². The molecule has 0 saturated heterocycles. The Morgan fingerprint density at radius 2 is 1.88 bits per heavy atom. The fourth-order valence-corrected chi connectivity index (χ4v) is 6.92. The number of methoxy groups -OCH3 is 2. The number of carbonyl (C=O) groups excluding carboxylic acids is 1. The van der Waals surface area contributed by atoms with Gasteiger partial charge in [0, 0.05) is 24.9 Å². The van der Waals surface area contributed by atoms with Crippen molar-refractivity contribution in [3.8, 4) is 17.6 Å². The Hall–Kier alpha value is -3.47. The van der Waals surface area contributed by atoms with E-state index in [0.29, 0.717) is 0 Å². The van der Waals surface area contributed by atoms with Gasteiger partial charge in [0.15, 0.2) is 0 Å². The summed E-state index contributed by atoms with van der Waals surface area (Å²) in [6.07, 6.45) is 4.43. The summed E-state index contributed by atoms with van der Waals surface area (Å²) >= 11 is 1.62. The molecule has 0 spiro atoms. The molecule has 0 aromatic heterocycles. The minimum atomic E-state index is -0.722. The van der Waals surface area contributed by atoms with Crippen molar-refractivity contribution in [2.45, 2.75) is 55.6 Å². The van der Waals surface area contributed by atoms with E-state index in [0.717, 1.165) is 85.9 Å². The molecule has 1 aliphatic rings. The minimum absolute atomic E-state index is 0.0574. The number of amides is 1. The van der Waals surface area contributed by atoms with E-state index in [2.05, 4.69) is 36.1 Å². The maximum absolute atomic E-state index is 12.4. The van der Waals surface area contributed by atoms with Crippen LogP contribution in [0.25, 0.3) is 0 Å². The van der Waals surface area contributed by atoms with Crippen molar-refractivity contribution in [3.05, 3.63) is 83.4 Å². The van der Waals surface area contributed by atoms with Crippen LogP contribution in [-0.2, 0) is 22.4 Å².